The van der Waals surface area contributed by atoms with Gasteiger partial charge in [-0.15, -0.1) is 13.2 Å². The van der Waals surface area contributed by atoms with Gasteiger partial charge in [0.15, 0.2) is 0 Å². The van der Waals surface area contributed by atoms with Gasteiger partial charge in [0, 0.05) is 0 Å². The Morgan fingerprint density at radius 1 is 0.800 bits per heavy atom. The third kappa shape index (κ3) is 293. The van der Waals surface area contributed by atoms with Crippen LogP contribution in [0, 0.1) is 0 Å². The second-order valence-electron chi connectivity index (χ2n) is 0.339. The van der Waals surface area contributed by atoms with Crippen molar-refractivity contribution < 1.29 is 27.6 Å². The topological polar surface area (TPSA) is 0 Å². The van der Waals surface area contributed by atoms with E-state index >= 15 is 0 Å². The van der Waals surface area contributed by atoms with E-state index < -0.39 is 6.08 Å². The van der Waals surface area contributed by atoms with Gasteiger partial charge >= 0.3 is 0 Å². The van der Waals surface area contributed by atoms with Crippen LogP contribution >= 0.6 is 0 Å². The molecule has 0 saturated carbocycles. The Balaban J connectivity index is -0.00000000625. The SMILES string of the molecule is C=C.C=C(F)F.F.F.F.F. The molecule has 0 fully saturated rings. The van der Waals surface area contributed by atoms with Gasteiger partial charge in [0.25, 0.3) is 6.08 Å². The summed E-state index contributed by atoms with van der Waals surface area (Å²) >= 11 is 0. The molecule has 0 heterocycles. The summed E-state index contributed by atoms with van der Waals surface area (Å²) in [6.45, 7) is 8.22. The number of hydrogen-bond acceptors (Lipinski definition) is 0. The summed E-state index contributed by atoms with van der Waals surface area (Å²) in [5.74, 6) is 0. The van der Waals surface area contributed by atoms with Crippen molar-refractivity contribution in [1.29, 1.82) is 0 Å². The van der Waals surface area contributed by atoms with Crippen LogP contribution in [0.25, 0.3) is 0 Å². The molecule has 0 bridgehead atoms. The fourth-order valence-corrected chi connectivity index (χ4v) is 0. The molecule has 0 aliphatic carbocycles. The summed E-state index contributed by atoms with van der Waals surface area (Å²) in [5.41, 5.74) is 0. The zero-order valence-electron chi connectivity index (χ0n) is 5.01. The van der Waals surface area contributed by atoms with Crippen LogP contribution in [0.2, 0.25) is 0 Å². The van der Waals surface area contributed by atoms with Crippen molar-refractivity contribution in [2.45, 2.75) is 0 Å². The third-order valence-electron chi connectivity index (χ3n) is 0. The summed E-state index contributed by atoms with van der Waals surface area (Å²) < 4.78 is 20.3. The van der Waals surface area contributed by atoms with Crippen LogP contribution in [0.3, 0.4) is 0 Å². The highest BCUT2D eigenvalue weighted by Gasteiger charge is 1.65. The van der Waals surface area contributed by atoms with Crippen molar-refractivity contribution in [1.82, 2.24) is 0 Å². The minimum Gasteiger partial charge on any atom is -0.269 e. The van der Waals surface area contributed by atoms with Crippen LogP contribution in [-0.2, 0) is 0 Å². The van der Waals surface area contributed by atoms with Gasteiger partial charge in [-0.1, -0.05) is 0 Å². The molecule has 0 nitrogen and oxygen atoms in total. The van der Waals surface area contributed by atoms with Crippen molar-refractivity contribution in [3.8, 4) is 0 Å². The van der Waals surface area contributed by atoms with Gasteiger partial charge in [-0.2, -0.15) is 8.78 Å². The first-order chi connectivity index (χ1) is 2.73. The highest BCUT2D eigenvalue weighted by Crippen LogP contribution is 1.85. The molecule has 6 heteroatoms. The molecule has 0 radical (unpaired) electrons. The molecule has 10 heavy (non-hydrogen) atoms. The minimum atomic E-state index is -1.83. The Morgan fingerprint density at radius 2 is 0.800 bits per heavy atom. The second kappa shape index (κ2) is 94.7. The summed E-state index contributed by atoms with van der Waals surface area (Å²) in [7, 11) is 0. The predicted molar refractivity (Wildman–Crippen MR) is 32.6 cm³/mol. The standard InChI is InChI=1S/C2H2F2.C2H4.4FH/c1-2(3)4;1-2;;;;/h1H2;1-2H2;4*1H. The minimum absolute atomic E-state index is 0. The Bertz CT molecular complexity index is 41.0. The van der Waals surface area contributed by atoms with Gasteiger partial charge in [0.05, 0.1) is 0 Å². The largest absolute Gasteiger partial charge is 0.269 e. The van der Waals surface area contributed by atoms with Gasteiger partial charge < -0.3 is 0 Å². The molecule has 0 unspecified atom stereocenters. The van der Waals surface area contributed by atoms with Gasteiger partial charge in [0.1, 0.15) is 0 Å². The zero-order valence-corrected chi connectivity index (χ0v) is 5.01. The molecule has 0 aromatic heterocycles. The first-order valence-electron chi connectivity index (χ1n) is 1.23. The Hall–Kier alpha value is -0.940. The molecule has 0 amide bonds. The normalized spacial score (nSPS) is 3.00. The Labute approximate surface area is 54.7 Å². The van der Waals surface area contributed by atoms with E-state index in [0.29, 0.717) is 0 Å². The summed E-state index contributed by atoms with van der Waals surface area (Å²) in [4.78, 5) is 0. The molecule has 0 aromatic rings. The summed E-state index contributed by atoms with van der Waals surface area (Å²) in [5, 5.41) is 0. The lowest BCUT2D eigenvalue weighted by Crippen LogP contribution is -1.33. The van der Waals surface area contributed by atoms with Crippen molar-refractivity contribution in [3.05, 3.63) is 25.8 Å². The zero-order chi connectivity index (χ0) is 5.58. The van der Waals surface area contributed by atoms with E-state index in [1.807, 2.05) is 0 Å². The Kier molecular flexibility index (Phi) is 595. The Morgan fingerprint density at radius 3 is 0.800 bits per heavy atom. The predicted octanol–water partition coefficient (Wildman–Crippen LogP) is 2.81. The molecule has 0 N–H and O–H groups in total. The first kappa shape index (κ1) is 62.9. The van der Waals surface area contributed by atoms with Crippen molar-refractivity contribution >= 4 is 0 Å². The number of halogens is 6. The van der Waals surface area contributed by atoms with Crippen LogP contribution < -0.4 is 0 Å². The molecule has 0 aliphatic heterocycles. The van der Waals surface area contributed by atoms with E-state index in [2.05, 4.69) is 19.7 Å². The lowest BCUT2D eigenvalue weighted by atomic mass is 11.2. The quantitative estimate of drug-likeness (QED) is 0.389. The molecular weight excluding hydrogens is 162 g/mol. The fraction of sp³-hybridized carbons (Fsp3) is 0. The first-order valence-corrected chi connectivity index (χ1v) is 1.23. The molecular formula is C4H10F6. The van der Waals surface area contributed by atoms with Gasteiger partial charge in [-0.25, -0.2) is 0 Å². The second-order valence-corrected chi connectivity index (χ2v) is 0.339. The van der Waals surface area contributed by atoms with E-state index in [1.54, 1.807) is 0 Å². The maximum atomic E-state index is 10.1. The average molecular weight is 172 g/mol. The smallest absolute Gasteiger partial charge is 0.263 e. The third-order valence-corrected chi connectivity index (χ3v) is 0. The van der Waals surface area contributed by atoms with E-state index in [9.17, 15) is 8.78 Å². The van der Waals surface area contributed by atoms with Crippen molar-refractivity contribution in [2.24, 2.45) is 0 Å². The van der Waals surface area contributed by atoms with Crippen LogP contribution in [0.1, 0.15) is 0 Å². The molecule has 0 atom stereocenters. The van der Waals surface area contributed by atoms with E-state index in [4.69, 9.17) is 0 Å². The highest BCUT2D eigenvalue weighted by atomic mass is 19.3. The van der Waals surface area contributed by atoms with E-state index in [0.717, 1.165) is 0 Å². The fourth-order valence-electron chi connectivity index (χ4n) is 0. The molecule has 68 valence electrons. The van der Waals surface area contributed by atoms with Crippen LogP contribution in [0.15, 0.2) is 25.8 Å². The molecule has 0 aromatic carbocycles. The van der Waals surface area contributed by atoms with Gasteiger partial charge in [-0.3, -0.25) is 18.8 Å². The number of rotatable bonds is 0. The van der Waals surface area contributed by atoms with Crippen LogP contribution in [0.5, 0.6) is 0 Å². The lowest BCUT2D eigenvalue weighted by molar-refractivity contribution is 0.426. The number of hydrogen-bond donors (Lipinski definition) is 0. The van der Waals surface area contributed by atoms with Crippen LogP contribution in [-0.4, -0.2) is 0 Å². The van der Waals surface area contributed by atoms with Gasteiger partial charge in [0.2, 0.25) is 0 Å². The van der Waals surface area contributed by atoms with Gasteiger partial charge in [-0.05, 0) is 6.58 Å². The van der Waals surface area contributed by atoms with E-state index in [-0.39, 0.29) is 18.8 Å². The molecule has 0 spiro atoms. The maximum absolute atomic E-state index is 10.1. The molecule has 0 rings (SSSR count). The van der Waals surface area contributed by atoms with Crippen molar-refractivity contribution in [3.63, 3.8) is 0 Å². The highest BCUT2D eigenvalue weighted by molar-refractivity contribution is 4.57. The lowest BCUT2D eigenvalue weighted by Gasteiger charge is -1.54. The molecule has 0 aliphatic rings. The van der Waals surface area contributed by atoms with E-state index in [1.165, 1.54) is 0 Å². The summed E-state index contributed by atoms with van der Waals surface area (Å²) in [6, 6.07) is 0. The molecule has 0 saturated heterocycles. The monoisotopic (exact) mass is 172 g/mol. The average Bonchev–Trinajstić information content (AvgIpc) is 1.41. The van der Waals surface area contributed by atoms with Crippen molar-refractivity contribution in [2.75, 3.05) is 0 Å². The summed E-state index contributed by atoms with van der Waals surface area (Å²) in [6.07, 6.45) is -1.83. The van der Waals surface area contributed by atoms with Crippen LogP contribution in [0.4, 0.5) is 27.6 Å². The maximum Gasteiger partial charge on any atom is 0.263 e.